The number of carbonyl (C=O) groups excluding carboxylic acids is 1. The van der Waals surface area contributed by atoms with Crippen molar-refractivity contribution in [2.75, 3.05) is 6.54 Å². The Hall–Kier alpha value is -2.25. The van der Waals surface area contributed by atoms with Crippen LogP contribution in [0.1, 0.15) is 35.1 Å². The third-order valence-electron chi connectivity index (χ3n) is 3.28. The van der Waals surface area contributed by atoms with Gasteiger partial charge in [0.2, 0.25) is 0 Å². The normalized spacial score (nSPS) is 12.2. The summed E-state index contributed by atoms with van der Waals surface area (Å²) in [6.07, 6.45) is -0.0582. The van der Waals surface area contributed by atoms with E-state index in [0.29, 0.717) is 12.1 Å². The van der Waals surface area contributed by atoms with Crippen LogP contribution in [0.3, 0.4) is 0 Å². The first-order valence-electron chi connectivity index (χ1n) is 7.15. The third kappa shape index (κ3) is 3.69. The Labute approximate surface area is 128 Å². The molecule has 2 aromatic rings. The van der Waals surface area contributed by atoms with Crippen molar-refractivity contribution < 1.29 is 15.0 Å². The lowest BCUT2D eigenvalue weighted by Gasteiger charge is -2.08. The second-order valence-electron chi connectivity index (χ2n) is 5.05. The summed E-state index contributed by atoms with van der Waals surface area (Å²) in [6, 6.07) is 7.49. The molecule has 1 aromatic carbocycles. The van der Waals surface area contributed by atoms with E-state index in [4.69, 9.17) is 0 Å². The number of amides is 1. The highest BCUT2D eigenvalue weighted by Gasteiger charge is 2.19. The van der Waals surface area contributed by atoms with Crippen molar-refractivity contribution in [1.29, 1.82) is 0 Å². The monoisotopic (exact) mass is 304 g/mol. The van der Waals surface area contributed by atoms with E-state index in [2.05, 4.69) is 15.5 Å². The molecule has 0 unspecified atom stereocenters. The lowest BCUT2D eigenvalue weighted by atomic mass is 10.2. The molecular weight excluding hydrogens is 284 g/mol. The van der Waals surface area contributed by atoms with Crippen LogP contribution < -0.4 is 5.32 Å². The van der Waals surface area contributed by atoms with E-state index in [1.807, 2.05) is 38.1 Å². The molecule has 22 heavy (non-hydrogen) atoms. The fourth-order valence-corrected chi connectivity index (χ4v) is 1.85. The van der Waals surface area contributed by atoms with Crippen molar-refractivity contribution in [3.05, 3.63) is 41.2 Å². The fraction of sp³-hybridized carbons (Fsp3) is 0.400. The fourth-order valence-electron chi connectivity index (χ4n) is 1.85. The van der Waals surface area contributed by atoms with E-state index in [1.54, 1.807) is 0 Å². The molecule has 7 nitrogen and oxygen atoms in total. The van der Waals surface area contributed by atoms with Gasteiger partial charge in [0.15, 0.2) is 5.69 Å². The highest BCUT2D eigenvalue weighted by molar-refractivity contribution is 5.93. The van der Waals surface area contributed by atoms with Crippen molar-refractivity contribution in [2.45, 2.75) is 33.0 Å². The van der Waals surface area contributed by atoms with Crippen LogP contribution in [0.25, 0.3) is 5.69 Å². The summed E-state index contributed by atoms with van der Waals surface area (Å²) >= 11 is 0. The molecule has 0 spiro atoms. The molecule has 0 radical (unpaired) electrons. The Morgan fingerprint density at radius 1 is 1.32 bits per heavy atom. The first-order valence-corrected chi connectivity index (χ1v) is 7.15. The van der Waals surface area contributed by atoms with Crippen molar-refractivity contribution >= 4 is 5.91 Å². The summed E-state index contributed by atoms with van der Waals surface area (Å²) in [5.41, 5.74) is 2.06. The Morgan fingerprint density at radius 2 is 2.00 bits per heavy atom. The minimum atomic E-state index is -0.603. The van der Waals surface area contributed by atoms with Crippen LogP contribution in [-0.4, -0.2) is 43.8 Å². The van der Waals surface area contributed by atoms with Gasteiger partial charge in [-0.05, 0) is 25.5 Å². The second kappa shape index (κ2) is 7.15. The maximum atomic E-state index is 12.1. The van der Waals surface area contributed by atoms with E-state index >= 15 is 0 Å². The first-order chi connectivity index (χ1) is 10.5. The lowest BCUT2D eigenvalue weighted by Crippen LogP contribution is -2.32. The van der Waals surface area contributed by atoms with E-state index in [1.165, 1.54) is 4.80 Å². The van der Waals surface area contributed by atoms with Gasteiger partial charge in [0.25, 0.3) is 5.91 Å². The molecule has 0 aliphatic rings. The van der Waals surface area contributed by atoms with Gasteiger partial charge in [0.1, 0.15) is 5.69 Å². The first kappa shape index (κ1) is 16.1. The third-order valence-corrected chi connectivity index (χ3v) is 3.28. The molecule has 1 aromatic heterocycles. The smallest absolute Gasteiger partial charge is 0.273 e. The number of nitrogens with zero attached hydrogens (tertiary/aromatic N) is 3. The van der Waals surface area contributed by atoms with Gasteiger partial charge in [-0.2, -0.15) is 4.80 Å². The molecule has 7 heteroatoms. The Kier molecular flexibility index (Phi) is 5.24. The molecule has 3 N–H and O–H groups in total. The number of aliphatic hydroxyl groups excluding tert-OH is 2. The van der Waals surface area contributed by atoms with Crippen LogP contribution >= 0.6 is 0 Å². The van der Waals surface area contributed by atoms with Gasteiger partial charge in [-0.3, -0.25) is 4.79 Å². The van der Waals surface area contributed by atoms with E-state index in [-0.39, 0.29) is 24.5 Å². The number of benzene rings is 1. The van der Waals surface area contributed by atoms with Gasteiger partial charge in [-0.1, -0.05) is 24.6 Å². The number of aromatic nitrogens is 3. The summed E-state index contributed by atoms with van der Waals surface area (Å²) in [4.78, 5) is 13.4. The van der Waals surface area contributed by atoms with Crippen LogP contribution in [0.4, 0.5) is 0 Å². The minimum absolute atomic E-state index is 0.0615. The molecule has 0 saturated carbocycles. The molecule has 1 amide bonds. The highest BCUT2D eigenvalue weighted by atomic mass is 16.3. The van der Waals surface area contributed by atoms with Gasteiger partial charge in [-0.15, -0.1) is 10.2 Å². The molecule has 118 valence electrons. The average Bonchev–Trinajstić information content (AvgIpc) is 2.97. The van der Waals surface area contributed by atoms with E-state index in [9.17, 15) is 15.0 Å². The van der Waals surface area contributed by atoms with Gasteiger partial charge >= 0.3 is 0 Å². The standard InChI is InChI=1S/C15H20N4O3/c1-3-12(21)8-16-15(22)14-13(9-20)17-19(18-14)11-6-4-10(2)5-7-11/h4-7,12,20-21H,3,8-9H2,1-2H3,(H,16,22)/t12-/m1/s1. The summed E-state index contributed by atoms with van der Waals surface area (Å²) in [5, 5.41) is 29.7. The largest absolute Gasteiger partial charge is 0.391 e. The summed E-state index contributed by atoms with van der Waals surface area (Å²) in [5.74, 6) is -0.463. The Bertz CT molecular complexity index is 637. The van der Waals surface area contributed by atoms with Crippen LogP contribution in [0, 0.1) is 6.92 Å². The maximum absolute atomic E-state index is 12.1. The van der Waals surface area contributed by atoms with Crippen LogP contribution in [0.5, 0.6) is 0 Å². The number of aryl methyl sites for hydroxylation is 1. The number of carbonyl (C=O) groups is 1. The number of aliphatic hydroxyl groups is 2. The zero-order valence-corrected chi connectivity index (χ0v) is 12.7. The van der Waals surface area contributed by atoms with Crippen molar-refractivity contribution in [2.24, 2.45) is 0 Å². The Balaban J connectivity index is 2.21. The topological polar surface area (TPSA) is 100 Å². The van der Waals surface area contributed by atoms with Gasteiger partial charge in [0.05, 0.1) is 18.4 Å². The predicted molar refractivity (Wildman–Crippen MR) is 80.6 cm³/mol. The molecular formula is C15H20N4O3. The molecule has 0 bridgehead atoms. The number of hydrogen-bond donors (Lipinski definition) is 3. The van der Waals surface area contributed by atoms with Crippen LogP contribution in [0.2, 0.25) is 0 Å². The zero-order valence-electron chi connectivity index (χ0n) is 12.7. The van der Waals surface area contributed by atoms with Crippen molar-refractivity contribution in [3.63, 3.8) is 0 Å². The van der Waals surface area contributed by atoms with Gasteiger partial charge in [0, 0.05) is 6.54 Å². The van der Waals surface area contributed by atoms with Gasteiger partial charge < -0.3 is 15.5 Å². The summed E-state index contributed by atoms with van der Waals surface area (Å²) in [7, 11) is 0. The predicted octanol–water partition coefficient (Wildman–Crippen LogP) is 0.569. The molecule has 0 aliphatic heterocycles. The number of nitrogens with one attached hydrogen (secondary N) is 1. The van der Waals surface area contributed by atoms with Gasteiger partial charge in [-0.25, -0.2) is 0 Å². The van der Waals surface area contributed by atoms with E-state index in [0.717, 1.165) is 5.56 Å². The molecule has 0 aliphatic carbocycles. The number of rotatable bonds is 6. The molecule has 0 fully saturated rings. The molecule has 1 atom stereocenters. The molecule has 1 heterocycles. The number of hydrogen-bond acceptors (Lipinski definition) is 5. The SMILES string of the molecule is CC[C@@H](O)CNC(=O)c1nn(-c2ccc(C)cc2)nc1CO. The van der Waals surface area contributed by atoms with Crippen molar-refractivity contribution in [1.82, 2.24) is 20.3 Å². The summed E-state index contributed by atoms with van der Waals surface area (Å²) in [6.45, 7) is 3.55. The quantitative estimate of drug-likeness (QED) is 0.724. The van der Waals surface area contributed by atoms with Crippen LogP contribution in [0.15, 0.2) is 24.3 Å². The van der Waals surface area contributed by atoms with Crippen molar-refractivity contribution in [3.8, 4) is 5.69 Å². The Morgan fingerprint density at radius 3 is 2.59 bits per heavy atom. The minimum Gasteiger partial charge on any atom is -0.391 e. The average molecular weight is 304 g/mol. The lowest BCUT2D eigenvalue weighted by molar-refractivity contribution is 0.0905. The van der Waals surface area contributed by atoms with E-state index < -0.39 is 12.0 Å². The zero-order chi connectivity index (χ0) is 16.1. The summed E-state index contributed by atoms with van der Waals surface area (Å²) < 4.78 is 0. The molecule has 0 saturated heterocycles. The second-order valence-corrected chi connectivity index (χ2v) is 5.05. The highest BCUT2D eigenvalue weighted by Crippen LogP contribution is 2.10. The molecule has 2 rings (SSSR count). The van der Waals surface area contributed by atoms with Crippen LogP contribution in [-0.2, 0) is 6.61 Å². The maximum Gasteiger partial charge on any atom is 0.273 e.